The number of aliphatic hydroxyl groups excluding tert-OH is 1. The summed E-state index contributed by atoms with van der Waals surface area (Å²) in [5, 5.41) is 14.5. The first-order chi connectivity index (χ1) is 17.5. The first-order valence-corrected chi connectivity index (χ1v) is 13.2. The van der Waals surface area contributed by atoms with Crippen molar-refractivity contribution in [3.05, 3.63) is 78.4 Å². The molecule has 36 heavy (non-hydrogen) atoms. The Bertz CT molecular complexity index is 1310. The van der Waals surface area contributed by atoms with Gasteiger partial charge in [-0.2, -0.15) is 0 Å². The van der Waals surface area contributed by atoms with E-state index in [1.54, 1.807) is 6.07 Å². The van der Waals surface area contributed by atoms with Gasteiger partial charge in [-0.1, -0.05) is 25.1 Å². The van der Waals surface area contributed by atoms with E-state index >= 15 is 4.39 Å². The lowest BCUT2D eigenvalue weighted by Crippen LogP contribution is -2.41. The smallest absolute Gasteiger partial charge is 0.133 e. The minimum atomic E-state index is -0.427. The van der Waals surface area contributed by atoms with E-state index < -0.39 is 6.23 Å². The molecule has 0 spiro atoms. The van der Waals surface area contributed by atoms with Gasteiger partial charge in [-0.05, 0) is 73.1 Å². The minimum absolute atomic E-state index is 0.216. The third-order valence-corrected chi connectivity index (χ3v) is 8.12. The van der Waals surface area contributed by atoms with Crippen LogP contribution in [0.3, 0.4) is 0 Å². The normalized spacial score (nSPS) is 24.1. The van der Waals surface area contributed by atoms with Crippen molar-refractivity contribution in [2.24, 2.45) is 0 Å². The summed E-state index contributed by atoms with van der Waals surface area (Å²) < 4.78 is 15.1. The summed E-state index contributed by atoms with van der Waals surface area (Å²) >= 11 is 0. The van der Waals surface area contributed by atoms with Crippen molar-refractivity contribution < 1.29 is 9.50 Å². The monoisotopic (exact) mass is 486 g/mol. The van der Waals surface area contributed by atoms with E-state index in [1.165, 1.54) is 11.3 Å². The Hall–Kier alpha value is -3.09. The Morgan fingerprint density at radius 3 is 2.89 bits per heavy atom. The van der Waals surface area contributed by atoms with E-state index in [0.29, 0.717) is 30.1 Å². The maximum absolute atomic E-state index is 15.1. The molecular weight excluding hydrogens is 451 g/mol. The van der Waals surface area contributed by atoms with Gasteiger partial charge in [0.15, 0.2) is 0 Å². The minimum Gasteiger partial charge on any atom is -0.379 e. The summed E-state index contributed by atoms with van der Waals surface area (Å²) in [6.07, 6.45) is 10.3. The molecule has 5 nitrogen and oxygen atoms in total. The Labute approximate surface area is 212 Å². The van der Waals surface area contributed by atoms with Crippen molar-refractivity contribution in [2.45, 2.75) is 63.4 Å². The molecule has 2 aromatic carbocycles. The summed E-state index contributed by atoms with van der Waals surface area (Å²) in [5.74, 6) is -0.216. The molecule has 3 heterocycles. The van der Waals surface area contributed by atoms with Crippen LogP contribution in [0.4, 0.5) is 4.39 Å². The van der Waals surface area contributed by atoms with Gasteiger partial charge >= 0.3 is 0 Å². The van der Waals surface area contributed by atoms with Gasteiger partial charge in [0.2, 0.25) is 0 Å². The molecule has 0 amide bonds. The molecule has 188 valence electrons. The molecule has 3 N–H and O–H groups in total. The topological polar surface area (TPSA) is 54.3 Å². The van der Waals surface area contributed by atoms with E-state index in [4.69, 9.17) is 0 Å². The SMILES string of the molecule is C=CCc1cc(C2=CN3CC3CN2[C@@H]2CC[C@H](NC(O)CC)C2)ccc1-c1cc2cc[nH]c2cc1F. The third kappa shape index (κ3) is 4.33. The van der Waals surface area contributed by atoms with Crippen molar-refractivity contribution in [3.63, 3.8) is 0 Å². The Balaban J connectivity index is 1.32. The molecule has 1 saturated heterocycles. The highest BCUT2D eigenvalue weighted by molar-refractivity contribution is 5.86. The lowest BCUT2D eigenvalue weighted by Gasteiger charge is -2.36. The van der Waals surface area contributed by atoms with Crippen LogP contribution >= 0.6 is 0 Å². The average molecular weight is 487 g/mol. The number of halogens is 1. The van der Waals surface area contributed by atoms with E-state index in [0.717, 1.165) is 60.8 Å². The number of hydrogen-bond acceptors (Lipinski definition) is 4. The van der Waals surface area contributed by atoms with Crippen LogP contribution in [-0.4, -0.2) is 57.3 Å². The molecule has 1 aliphatic carbocycles. The zero-order valence-corrected chi connectivity index (χ0v) is 20.9. The maximum Gasteiger partial charge on any atom is 0.133 e. The first kappa shape index (κ1) is 23.3. The number of aromatic nitrogens is 1. The molecule has 3 aliphatic rings. The fourth-order valence-corrected chi connectivity index (χ4v) is 6.06. The molecule has 1 aromatic heterocycles. The predicted molar refractivity (Wildman–Crippen MR) is 144 cm³/mol. The number of aromatic amines is 1. The molecule has 3 aromatic rings. The molecule has 2 aliphatic heterocycles. The van der Waals surface area contributed by atoms with Crippen molar-refractivity contribution in [1.82, 2.24) is 20.1 Å². The summed E-state index contributed by atoms with van der Waals surface area (Å²) in [7, 11) is 0. The van der Waals surface area contributed by atoms with Crippen LogP contribution in [-0.2, 0) is 6.42 Å². The number of rotatable bonds is 8. The molecule has 6 heteroatoms. The van der Waals surface area contributed by atoms with Gasteiger partial charge < -0.3 is 19.9 Å². The fraction of sp³-hybridized carbons (Fsp3) is 0.400. The quantitative estimate of drug-likeness (QED) is 0.232. The maximum atomic E-state index is 15.1. The molecule has 0 radical (unpaired) electrons. The van der Waals surface area contributed by atoms with Gasteiger partial charge in [-0.3, -0.25) is 5.32 Å². The lowest BCUT2D eigenvalue weighted by atomic mass is 9.93. The second-order valence-corrected chi connectivity index (χ2v) is 10.5. The largest absolute Gasteiger partial charge is 0.379 e. The van der Waals surface area contributed by atoms with Gasteiger partial charge in [0.25, 0.3) is 0 Å². The van der Waals surface area contributed by atoms with E-state index in [9.17, 15) is 5.11 Å². The number of benzene rings is 2. The molecule has 2 unspecified atom stereocenters. The molecule has 1 saturated carbocycles. The number of nitrogens with one attached hydrogen (secondary N) is 2. The Kier molecular flexibility index (Phi) is 6.10. The van der Waals surface area contributed by atoms with Crippen LogP contribution in [0.2, 0.25) is 0 Å². The molecule has 0 bridgehead atoms. The summed E-state index contributed by atoms with van der Waals surface area (Å²) in [5.41, 5.74) is 5.88. The van der Waals surface area contributed by atoms with Gasteiger partial charge in [0.05, 0.1) is 11.7 Å². The lowest BCUT2D eigenvalue weighted by molar-refractivity contribution is 0.117. The van der Waals surface area contributed by atoms with Crippen LogP contribution in [0.1, 0.15) is 43.7 Å². The van der Waals surface area contributed by atoms with Crippen molar-refractivity contribution in [3.8, 4) is 11.1 Å². The van der Waals surface area contributed by atoms with Crippen LogP contribution in [0.5, 0.6) is 0 Å². The third-order valence-electron chi connectivity index (χ3n) is 8.12. The van der Waals surface area contributed by atoms with Gasteiger partial charge in [0.1, 0.15) is 12.0 Å². The average Bonchev–Trinajstić information content (AvgIpc) is 3.24. The molecule has 2 fully saturated rings. The highest BCUT2D eigenvalue weighted by Gasteiger charge is 2.42. The van der Waals surface area contributed by atoms with E-state index in [2.05, 4.69) is 51.1 Å². The van der Waals surface area contributed by atoms with Gasteiger partial charge in [-0.25, -0.2) is 4.39 Å². The standard InChI is InChI=1S/C30H35FN4O/c1-3-5-19-12-21(6-9-25(19)26-13-20-10-11-32-28(20)15-27(26)31)29-18-34-16-24(34)17-35(29)23-8-7-22(14-23)33-30(36)4-2/h3,6,9-13,15,18,22-24,30,32-33,36H,1,4-5,7-8,14,16-17H2,2H3/t22-,23+,24?,30?,34?/m0/s1. The highest BCUT2D eigenvalue weighted by atomic mass is 19.1. The van der Waals surface area contributed by atoms with Gasteiger partial charge in [-0.15, -0.1) is 6.58 Å². The number of allylic oxidation sites excluding steroid dienone is 1. The van der Waals surface area contributed by atoms with Crippen LogP contribution in [0.15, 0.2) is 61.4 Å². The summed E-state index contributed by atoms with van der Waals surface area (Å²) in [4.78, 5) is 8.10. The Morgan fingerprint density at radius 1 is 1.17 bits per heavy atom. The van der Waals surface area contributed by atoms with E-state index in [-0.39, 0.29) is 5.82 Å². The number of hydrogen-bond donors (Lipinski definition) is 3. The number of nitrogens with zero attached hydrogens (tertiary/aromatic N) is 2. The first-order valence-electron chi connectivity index (χ1n) is 13.2. The van der Waals surface area contributed by atoms with E-state index in [1.807, 2.05) is 31.3 Å². The number of aliphatic hydroxyl groups is 1. The zero-order chi connectivity index (χ0) is 24.8. The Morgan fingerprint density at radius 2 is 2.06 bits per heavy atom. The zero-order valence-electron chi connectivity index (χ0n) is 20.9. The number of fused-ring (bicyclic) bond motifs is 2. The highest BCUT2D eigenvalue weighted by Crippen LogP contribution is 2.40. The van der Waals surface area contributed by atoms with Crippen molar-refractivity contribution in [1.29, 1.82) is 0 Å². The van der Waals surface area contributed by atoms with Crippen molar-refractivity contribution >= 4 is 16.6 Å². The molecule has 6 rings (SSSR count). The summed E-state index contributed by atoms with van der Waals surface area (Å²) in [6.45, 7) is 8.13. The molecular formula is C30H35FN4O. The van der Waals surface area contributed by atoms with Crippen LogP contribution in [0.25, 0.3) is 27.7 Å². The predicted octanol–water partition coefficient (Wildman–Crippen LogP) is 5.24. The van der Waals surface area contributed by atoms with Crippen LogP contribution in [0, 0.1) is 5.82 Å². The fourth-order valence-electron chi connectivity index (χ4n) is 6.06. The van der Waals surface area contributed by atoms with Gasteiger partial charge in [0, 0.05) is 54.0 Å². The second kappa shape index (κ2) is 9.41. The summed E-state index contributed by atoms with van der Waals surface area (Å²) in [6, 6.07) is 13.4. The molecule has 4 atom stereocenters. The second-order valence-electron chi connectivity index (χ2n) is 10.5. The number of H-pyrrole nitrogens is 1. The van der Waals surface area contributed by atoms with Crippen LogP contribution < -0.4 is 5.32 Å². The van der Waals surface area contributed by atoms with Crippen molar-refractivity contribution in [2.75, 3.05) is 13.1 Å².